The molecule has 4 rings (SSSR count). The van der Waals surface area contributed by atoms with Crippen LogP contribution in [0, 0.1) is 0 Å². The number of benzene rings is 2. The zero-order valence-electron chi connectivity index (χ0n) is 19.7. The molecule has 3 heteroatoms. The van der Waals surface area contributed by atoms with Gasteiger partial charge in [-0.15, -0.1) is 11.3 Å². The number of aromatic nitrogens is 1. The van der Waals surface area contributed by atoms with Crippen LogP contribution in [-0.2, 0) is 11.8 Å². The maximum absolute atomic E-state index is 11.6. The van der Waals surface area contributed by atoms with Crippen molar-refractivity contribution in [1.82, 2.24) is 4.98 Å². The Morgan fingerprint density at radius 3 is 2.41 bits per heavy atom. The molecule has 1 aliphatic carbocycles. The number of hydrogen-bond donors (Lipinski definition) is 0. The number of nitrogens with zero attached hydrogens (tertiary/aromatic N) is 1. The van der Waals surface area contributed by atoms with Gasteiger partial charge in [0.05, 0.1) is 4.88 Å². The number of Topliss-reactive ketones (excluding diaryl/α,β-unsaturated/α-hetero) is 1. The molecule has 32 heavy (non-hydrogen) atoms. The molecular formula is C29H35NOS. The van der Waals surface area contributed by atoms with Crippen LogP contribution in [0.15, 0.2) is 48.7 Å². The van der Waals surface area contributed by atoms with Crippen molar-refractivity contribution in [3.63, 3.8) is 0 Å². The summed E-state index contributed by atoms with van der Waals surface area (Å²) in [6.45, 7) is 6.37. The van der Waals surface area contributed by atoms with Crippen molar-refractivity contribution < 1.29 is 4.79 Å². The van der Waals surface area contributed by atoms with E-state index in [4.69, 9.17) is 4.98 Å². The first-order chi connectivity index (χ1) is 15.5. The summed E-state index contributed by atoms with van der Waals surface area (Å²) in [5.41, 5.74) is 6.53. The fourth-order valence-corrected chi connectivity index (χ4v) is 5.98. The number of hydrogen-bond acceptors (Lipinski definition) is 3. The van der Waals surface area contributed by atoms with E-state index < -0.39 is 0 Å². The van der Waals surface area contributed by atoms with Crippen LogP contribution in [0.3, 0.4) is 0 Å². The lowest BCUT2D eigenvalue weighted by Crippen LogP contribution is -2.26. The van der Waals surface area contributed by atoms with Gasteiger partial charge in [0.2, 0.25) is 0 Å². The fraction of sp³-hybridized carbons (Fsp3) is 0.448. The number of rotatable bonds is 8. The summed E-state index contributed by atoms with van der Waals surface area (Å²) in [5.74, 6) is 0.0964. The third-order valence-corrected chi connectivity index (χ3v) is 8.19. The molecule has 0 spiro atoms. The fourth-order valence-electron chi connectivity index (χ4n) is 5.07. The second kappa shape index (κ2) is 10.1. The molecule has 0 aliphatic heterocycles. The van der Waals surface area contributed by atoms with E-state index in [1.165, 1.54) is 68.2 Å². The van der Waals surface area contributed by atoms with Gasteiger partial charge in [0.15, 0.2) is 5.78 Å². The minimum Gasteiger partial charge on any atom is -0.295 e. The van der Waals surface area contributed by atoms with Gasteiger partial charge in [-0.25, -0.2) is 4.98 Å². The SMILES string of the molecule is CCCCCc1ccc(-c2cnc(-c3ccc(C(C)=O)cc3)s2)cc1C1(C)CCCCC1. The van der Waals surface area contributed by atoms with Crippen molar-refractivity contribution >= 4 is 17.1 Å². The Morgan fingerprint density at radius 2 is 1.72 bits per heavy atom. The average molecular weight is 446 g/mol. The first-order valence-electron chi connectivity index (χ1n) is 12.2. The van der Waals surface area contributed by atoms with Crippen molar-refractivity contribution in [1.29, 1.82) is 0 Å². The number of unbranched alkanes of at least 4 members (excludes halogenated alkanes) is 2. The van der Waals surface area contributed by atoms with Crippen LogP contribution in [0.25, 0.3) is 21.0 Å². The Bertz CT molecular complexity index is 1060. The second-order valence-electron chi connectivity index (χ2n) is 9.61. The normalized spacial score (nSPS) is 15.6. The first-order valence-corrected chi connectivity index (χ1v) is 13.0. The Hall–Kier alpha value is -2.26. The van der Waals surface area contributed by atoms with Crippen molar-refractivity contribution in [3.05, 3.63) is 65.4 Å². The zero-order chi connectivity index (χ0) is 22.6. The van der Waals surface area contributed by atoms with Crippen LogP contribution in [0.1, 0.15) is 93.6 Å². The van der Waals surface area contributed by atoms with E-state index >= 15 is 0 Å². The molecule has 0 bridgehead atoms. The van der Waals surface area contributed by atoms with Crippen LogP contribution < -0.4 is 0 Å². The molecule has 1 aromatic heterocycles. The number of carbonyl (C=O) groups is 1. The summed E-state index contributed by atoms with van der Waals surface area (Å²) in [4.78, 5) is 17.5. The highest BCUT2D eigenvalue weighted by Gasteiger charge is 2.31. The quantitative estimate of drug-likeness (QED) is 0.256. The average Bonchev–Trinajstić information content (AvgIpc) is 3.30. The minimum atomic E-state index is 0.0964. The van der Waals surface area contributed by atoms with Gasteiger partial charge >= 0.3 is 0 Å². The van der Waals surface area contributed by atoms with Crippen molar-refractivity contribution in [3.8, 4) is 21.0 Å². The Balaban J connectivity index is 1.65. The van der Waals surface area contributed by atoms with E-state index in [0.717, 1.165) is 16.1 Å². The molecule has 0 radical (unpaired) electrons. The predicted octanol–water partition coefficient (Wildman–Crippen LogP) is 8.63. The highest BCUT2D eigenvalue weighted by molar-refractivity contribution is 7.18. The van der Waals surface area contributed by atoms with E-state index in [9.17, 15) is 4.79 Å². The largest absolute Gasteiger partial charge is 0.295 e. The summed E-state index contributed by atoms with van der Waals surface area (Å²) in [5, 5.41) is 1.01. The van der Waals surface area contributed by atoms with Crippen LogP contribution >= 0.6 is 11.3 Å². The monoisotopic (exact) mass is 445 g/mol. The van der Waals surface area contributed by atoms with Gasteiger partial charge in [-0.05, 0) is 60.8 Å². The highest BCUT2D eigenvalue weighted by Crippen LogP contribution is 2.43. The third kappa shape index (κ3) is 5.04. The summed E-state index contributed by atoms with van der Waals surface area (Å²) in [6.07, 6.45) is 13.7. The summed E-state index contributed by atoms with van der Waals surface area (Å²) >= 11 is 1.74. The lowest BCUT2D eigenvalue weighted by molar-refractivity contribution is 0.101. The zero-order valence-corrected chi connectivity index (χ0v) is 20.6. The minimum absolute atomic E-state index is 0.0964. The Kier molecular flexibility index (Phi) is 7.25. The molecule has 168 valence electrons. The molecule has 0 N–H and O–H groups in total. The van der Waals surface area contributed by atoms with Gasteiger partial charge < -0.3 is 0 Å². The molecule has 0 atom stereocenters. The van der Waals surface area contributed by atoms with Crippen molar-refractivity contribution in [2.75, 3.05) is 0 Å². The number of aryl methyl sites for hydroxylation is 1. The molecule has 0 amide bonds. The maximum atomic E-state index is 11.6. The molecule has 1 aliphatic rings. The molecule has 2 aromatic carbocycles. The number of ketones is 1. The lowest BCUT2D eigenvalue weighted by Gasteiger charge is -2.36. The lowest BCUT2D eigenvalue weighted by atomic mass is 9.69. The van der Waals surface area contributed by atoms with Gasteiger partial charge in [-0.2, -0.15) is 0 Å². The third-order valence-electron chi connectivity index (χ3n) is 7.10. The summed E-state index contributed by atoms with van der Waals surface area (Å²) < 4.78 is 0. The molecule has 1 heterocycles. The maximum Gasteiger partial charge on any atom is 0.159 e. The molecular weight excluding hydrogens is 410 g/mol. The van der Waals surface area contributed by atoms with E-state index in [1.54, 1.807) is 29.4 Å². The molecule has 3 aromatic rings. The van der Waals surface area contributed by atoms with Gasteiger partial charge in [0.25, 0.3) is 0 Å². The summed E-state index contributed by atoms with van der Waals surface area (Å²) in [7, 11) is 0. The predicted molar refractivity (Wildman–Crippen MR) is 137 cm³/mol. The van der Waals surface area contributed by atoms with Gasteiger partial charge in [0, 0.05) is 17.3 Å². The van der Waals surface area contributed by atoms with Crippen LogP contribution in [0.2, 0.25) is 0 Å². The summed E-state index contributed by atoms with van der Waals surface area (Å²) in [6, 6.07) is 15.0. The Morgan fingerprint density at radius 1 is 1.00 bits per heavy atom. The standard InChI is InChI=1S/C29H35NOS/c1-4-5-7-10-23-13-16-25(19-26(23)29(3)17-8-6-9-18-29)27-20-30-28(32-27)24-14-11-22(12-15-24)21(2)31/h11-16,19-20H,4-10,17-18H2,1-3H3. The van der Waals surface area contributed by atoms with Gasteiger partial charge in [-0.3, -0.25) is 4.79 Å². The van der Waals surface area contributed by atoms with E-state index in [-0.39, 0.29) is 5.78 Å². The topological polar surface area (TPSA) is 30.0 Å². The molecule has 2 nitrogen and oxygen atoms in total. The van der Waals surface area contributed by atoms with Gasteiger partial charge in [-0.1, -0.05) is 82.3 Å². The highest BCUT2D eigenvalue weighted by atomic mass is 32.1. The van der Waals surface area contributed by atoms with E-state index in [1.807, 2.05) is 30.5 Å². The molecule has 1 fully saturated rings. The second-order valence-corrected chi connectivity index (χ2v) is 10.6. The first kappa shape index (κ1) is 22.9. The number of thiazole rings is 1. The van der Waals surface area contributed by atoms with Crippen LogP contribution in [-0.4, -0.2) is 10.8 Å². The number of carbonyl (C=O) groups excluding carboxylic acids is 1. The van der Waals surface area contributed by atoms with E-state index in [0.29, 0.717) is 5.41 Å². The smallest absolute Gasteiger partial charge is 0.159 e. The van der Waals surface area contributed by atoms with Crippen LogP contribution in [0.5, 0.6) is 0 Å². The molecule has 0 saturated heterocycles. The molecule has 0 unspecified atom stereocenters. The van der Waals surface area contributed by atoms with Crippen LogP contribution in [0.4, 0.5) is 0 Å². The van der Waals surface area contributed by atoms with E-state index in [2.05, 4.69) is 32.0 Å². The van der Waals surface area contributed by atoms with Crippen molar-refractivity contribution in [2.45, 2.75) is 84.0 Å². The van der Waals surface area contributed by atoms with Gasteiger partial charge in [0.1, 0.15) is 5.01 Å². The van der Waals surface area contributed by atoms with Crippen molar-refractivity contribution in [2.24, 2.45) is 0 Å². The Labute approximate surface area is 197 Å². The molecule has 1 saturated carbocycles.